The first-order chi connectivity index (χ1) is 19.8. The van der Waals surface area contributed by atoms with E-state index >= 15 is 0 Å². The Balaban J connectivity index is 1.41. The Hall–Kier alpha value is -3.86. The van der Waals surface area contributed by atoms with Crippen molar-refractivity contribution in [2.45, 2.75) is 32.5 Å². The summed E-state index contributed by atoms with van der Waals surface area (Å²) in [5.74, 6) is 0.0953. The number of carbonyl (C=O) groups excluding carboxylic acids is 2. The second-order valence-electron chi connectivity index (χ2n) is 10.5. The highest BCUT2D eigenvalue weighted by Crippen LogP contribution is 2.28. The number of methoxy groups -OCH3 is 1. The van der Waals surface area contributed by atoms with Crippen molar-refractivity contribution >= 4 is 39.1 Å². The molecule has 4 aromatic rings. The lowest BCUT2D eigenvalue weighted by Gasteiger charge is -2.36. The third kappa shape index (κ3) is 6.73. The molecule has 0 radical (unpaired) electrons. The fourth-order valence-corrected chi connectivity index (χ4v) is 5.89. The maximum absolute atomic E-state index is 13.7. The van der Waals surface area contributed by atoms with Crippen molar-refractivity contribution in [1.29, 1.82) is 0 Å². The van der Waals surface area contributed by atoms with Crippen LogP contribution in [0.2, 0.25) is 0 Å². The van der Waals surface area contributed by atoms with Crippen LogP contribution < -0.4 is 10.1 Å². The number of anilines is 1. The highest BCUT2D eigenvalue weighted by Gasteiger charge is 2.28. The van der Waals surface area contributed by atoms with Crippen molar-refractivity contribution in [3.8, 4) is 5.75 Å². The van der Waals surface area contributed by atoms with Crippen LogP contribution in [-0.4, -0.2) is 77.6 Å². The molecule has 0 fully saturated rings. The largest absolute Gasteiger partial charge is 0.491 e. The van der Waals surface area contributed by atoms with Gasteiger partial charge in [0.05, 0.1) is 21.9 Å². The third-order valence-corrected chi connectivity index (χ3v) is 8.49. The highest BCUT2D eigenvalue weighted by molar-refractivity contribution is 7.20. The molecule has 2 aromatic carbocycles. The second kappa shape index (κ2) is 12.8. The minimum Gasteiger partial charge on any atom is -0.491 e. The summed E-state index contributed by atoms with van der Waals surface area (Å²) in [4.78, 5) is 39.3. The smallest absolute Gasteiger partial charge is 0.284 e. The maximum Gasteiger partial charge on any atom is 0.284 e. The van der Waals surface area contributed by atoms with E-state index in [-0.39, 0.29) is 29.9 Å². The Morgan fingerprint density at radius 1 is 1.12 bits per heavy atom. The first-order valence-electron chi connectivity index (χ1n) is 13.7. The topological polar surface area (TPSA) is 96.9 Å². The first-order valence-corrected chi connectivity index (χ1v) is 14.5. The lowest BCUT2D eigenvalue weighted by Crippen LogP contribution is -2.46. The van der Waals surface area contributed by atoms with Crippen LogP contribution in [0.3, 0.4) is 0 Å². The number of likely N-dealkylation sites (N-methyl/N-ethyl adjacent to an activating group) is 1. The van der Waals surface area contributed by atoms with E-state index in [1.54, 1.807) is 49.7 Å². The van der Waals surface area contributed by atoms with Crippen molar-refractivity contribution in [2.24, 2.45) is 5.92 Å². The van der Waals surface area contributed by atoms with Gasteiger partial charge in [0.15, 0.2) is 5.01 Å². The molecule has 5 rings (SSSR count). The van der Waals surface area contributed by atoms with Crippen molar-refractivity contribution in [3.05, 3.63) is 83.1 Å². The van der Waals surface area contributed by atoms with Gasteiger partial charge in [-0.3, -0.25) is 19.5 Å². The molecular weight excluding hydrogens is 538 g/mol. The first kappa shape index (κ1) is 28.7. The monoisotopic (exact) mass is 573 g/mol. The second-order valence-corrected chi connectivity index (χ2v) is 11.6. The summed E-state index contributed by atoms with van der Waals surface area (Å²) in [6, 6.07) is 16.9. The number of nitrogens with zero attached hydrogens (tertiary/aromatic N) is 4. The standard InChI is InChI=1S/C31H35N5O4S/c1-20-16-36(17-22-11-13-32-14-12-22)21(2)19-40-26-10-9-23(15-24(26)31(38)35(3)18-27(20)39-4)33-29(37)30-34-25-7-5-6-8-28(25)41-30/h5-15,20-21,27H,16-19H2,1-4H3,(H,33,37)/t20-,21-,27+/m0/s1. The Labute approximate surface area is 244 Å². The van der Waals surface area contributed by atoms with Gasteiger partial charge in [0.1, 0.15) is 12.4 Å². The predicted molar refractivity (Wildman–Crippen MR) is 161 cm³/mol. The summed E-state index contributed by atoms with van der Waals surface area (Å²) < 4.78 is 13.1. The van der Waals surface area contributed by atoms with E-state index in [0.29, 0.717) is 35.2 Å². The van der Waals surface area contributed by atoms with E-state index in [1.165, 1.54) is 16.9 Å². The van der Waals surface area contributed by atoms with Crippen LogP contribution in [0.25, 0.3) is 10.2 Å². The Bertz CT molecular complexity index is 1480. The summed E-state index contributed by atoms with van der Waals surface area (Å²) in [6.07, 6.45) is 3.44. The zero-order valence-electron chi connectivity index (χ0n) is 23.7. The van der Waals surface area contributed by atoms with Gasteiger partial charge in [0.25, 0.3) is 11.8 Å². The Morgan fingerprint density at radius 2 is 1.90 bits per heavy atom. The van der Waals surface area contributed by atoms with Crippen LogP contribution in [-0.2, 0) is 11.3 Å². The molecule has 0 bridgehead atoms. The van der Waals surface area contributed by atoms with Crippen LogP contribution in [0, 0.1) is 5.92 Å². The van der Waals surface area contributed by atoms with Crippen LogP contribution in [0.15, 0.2) is 67.0 Å². The minimum absolute atomic E-state index is 0.0571. The molecule has 3 heterocycles. The molecule has 214 valence electrons. The molecule has 41 heavy (non-hydrogen) atoms. The lowest BCUT2D eigenvalue weighted by atomic mass is 10.0. The molecule has 10 heteroatoms. The number of hydrogen-bond donors (Lipinski definition) is 1. The Kier molecular flexibility index (Phi) is 8.92. The van der Waals surface area contributed by atoms with Gasteiger partial charge in [0, 0.05) is 57.9 Å². The number of ether oxygens (including phenoxy) is 2. The number of fused-ring (bicyclic) bond motifs is 2. The van der Waals surface area contributed by atoms with Crippen molar-refractivity contribution < 1.29 is 19.1 Å². The summed E-state index contributed by atoms with van der Waals surface area (Å²) in [5, 5.41) is 3.27. The molecule has 0 aliphatic carbocycles. The number of benzene rings is 2. The molecule has 2 amide bonds. The van der Waals surface area contributed by atoms with E-state index in [1.807, 2.05) is 36.4 Å². The SMILES string of the molecule is CO[C@@H]1CN(C)C(=O)c2cc(NC(=O)c3nc4ccccc4s3)ccc2OC[C@H](C)N(Cc2ccncc2)C[C@@H]1C. The predicted octanol–water partition coefficient (Wildman–Crippen LogP) is 4.95. The molecule has 1 aliphatic heterocycles. The fraction of sp³-hybridized carbons (Fsp3) is 0.355. The van der Waals surface area contributed by atoms with E-state index in [4.69, 9.17) is 9.47 Å². The number of para-hydroxylation sites is 1. The summed E-state index contributed by atoms with van der Waals surface area (Å²) >= 11 is 1.33. The van der Waals surface area contributed by atoms with Crippen molar-refractivity contribution in [1.82, 2.24) is 19.8 Å². The van der Waals surface area contributed by atoms with Gasteiger partial charge in [-0.1, -0.05) is 19.1 Å². The molecule has 1 N–H and O–H groups in total. The van der Waals surface area contributed by atoms with Crippen LogP contribution in [0.5, 0.6) is 5.75 Å². The quantitative estimate of drug-likeness (QED) is 0.361. The number of nitrogens with one attached hydrogen (secondary N) is 1. The number of rotatable bonds is 5. The number of pyridine rings is 1. The van der Waals surface area contributed by atoms with Crippen LogP contribution >= 0.6 is 11.3 Å². The zero-order valence-corrected chi connectivity index (χ0v) is 24.6. The average Bonchev–Trinajstić information content (AvgIpc) is 3.43. The van der Waals surface area contributed by atoms with E-state index < -0.39 is 0 Å². The number of amides is 2. The van der Waals surface area contributed by atoms with Gasteiger partial charge >= 0.3 is 0 Å². The van der Waals surface area contributed by atoms with Gasteiger partial charge in [-0.15, -0.1) is 11.3 Å². The summed E-state index contributed by atoms with van der Waals surface area (Å²) in [5.41, 5.74) is 2.82. The summed E-state index contributed by atoms with van der Waals surface area (Å²) in [6.45, 7) is 6.59. The van der Waals surface area contributed by atoms with Gasteiger partial charge in [-0.25, -0.2) is 4.98 Å². The van der Waals surface area contributed by atoms with Gasteiger partial charge in [-0.2, -0.15) is 0 Å². The number of aromatic nitrogens is 2. The molecule has 0 spiro atoms. The van der Waals surface area contributed by atoms with E-state index in [9.17, 15) is 9.59 Å². The highest BCUT2D eigenvalue weighted by atomic mass is 32.1. The van der Waals surface area contributed by atoms with Gasteiger partial charge < -0.3 is 19.7 Å². The maximum atomic E-state index is 13.7. The molecule has 3 atom stereocenters. The molecule has 0 saturated heterocycles. The Morgan fingerprint density at radius 3 is 2.66 bits per heavy atom. The number of thiazole rings is 1. The number of carbonyl (C=O) groups is 2. The van der Waals surface area contributed by atoms with Gasteiger partial charge in [-0.05, 0) is 60.9 Å². The molecule has 0 saturated carbocycles. The summed E-state index contributed by atoms with van der Waals surface area (Å²) in [7, 11) is 3.45. The normalized spacial score (nSPS) is 20.5. The molecule has 9 nitrogen and oxygen atoms in total. The average molecular weight is 574 g/mol. The molecule has 1 aliphatic rings. The molecule has 2 aromatic heterocycles. The van der Waals surface area contributed by atoms with E-state index in [2.05, 4.69) is 34.0 Å². The van der Waals surface area contributed by atoms with Crippen molar-refractivity contribution in [3.63, 3.8) is 0 Å². The van der Waals surface area contributed by atoms with Crippen molar-refractivity contribution in [2.75, 3.05) is 39.2 Å². The van der Waals surface area contributed by atoms with Crippen LogP contribution in [0.4, 0.5) is 5.69 Å². The molecular formula is C31H35N5O4S. The number of hydrogen-bond acceptors (Lipinski definition) is 8. The fourth-order valence-electron chi connectivity index (χ4n) is 5.03. The van der Waals surface area contributed by atoms with Crippen LogP contribution in [0.1, 0.15) is 39.6 Å². The minimum atomic E-state index is -0.324. The molecule has 0 unspecified atom stereocenters. The van der Waals surface area contributed by atoms with Gasteiger partial charge in [0.2, 0.25) is 0 Å². The zero-order chi connectivity index (χ0) is 28.9. The van der Waals surface area contributed by atoms with E-state index in [0.717, 1.165) is 23.3 Å². The third-order valence-electron chi connectivity index (χ3n) is 7.45. The lowest BCUT2D eigenvalue weighted by molar-refractivity contribution is 0.00921.